The number of benzene rings is 2. The van der Waals surface area contributed by atoms with Gasteiger partial charge in [-0.05, 0) is 11.1 Å². The summed E-state index contributed by atoms with van der Waals surface area (Å²) < 4.78 is 0. The van der Waals surface area contributed by atoms with Gasteiger partial charge < -0.3 is 5.21 Å². The molecule has 0 saturated heterocycles. The lowest BCUT2D eigenvalue weighted by Crippen LogP contribution is -2.04. The largest absolute Gasteiger partial charge is 0.411 e. The second-order valence-electron chi connectivity index (χ2n) is 3.58. The predicted octanol–water partition coefficient (Wildman–Crippen LogP) is 3.11. The van der Waals surface area contributed by atoms with Crippen molar-refractivity contribution in [2.75, 3.05) is 0 Å². The quantitative estimate of drug-likeness (QED) is 0.360. The third kappa shape index (κ3) is 2.48. The first-order valence-corrected chi connectivity index (χ1v) is 5.20. The summed E-state index contributed by atoms with van der Waals surface area (Å²) >= 11 is 0. The van der Waals surface area contributed by atoms with E-state index in [0.29, 0.717) is 12.1 Å². The SMILES string of the molecule is O[15N]=C(Cc1ccccc1)c1ccccc1. The lowest BCUT2D eigenvalue weighted by molar-refractivity contribution is 0.318. The third-order valence-electron chi connectivity index (χ3n) is 2.44. The van der Waals surface area contributed by atoms with Crippen LogP contribution in [0.2, 0.25) is 0 Å². The Labute approximate surface area is 94.9 Å². The zero-order valence-electron chi connectivity index (χ0n) is 8.88. The lowest BCUT2D eigenvalue weighted by Gasteiger charge is -2.04. The van der Waals surface area contributed by atoms with E-state index >= 15 is 0 Å². The van der Waals surface area contributed by atoms with Crippen LogP contribution in [0.1, 0.15) is 11.1 Å². The van der Waals surface area contributed by atoms with Gasteiger partial charge in [0.1, 0.15) is 0 Å². The smallest absolute Gasteiger partial charge is 0.0911 e. The van der Waals surface area contributed by atoms with E-state index in [1.807, 2.05) is 60.7 Å². The Morgan fingerprint density at radius 2 is 1.44 bits per heavy atom. The molecule has 2 aromatic carbocycles. The van der Waals surface area contributed by atoms with E-state index in [1.165, 1.54) is 0 Å². The predicted molar refractivity (Wildman–Crippen MR) is 64.9 cm³/mol. The van der Waals surface area contributed by atoms with Crippen molar-refractivity contribution in [1.29, 1.82) is 0 Å². The Hall–Kier alpha value is -2.09. The van der Waals surface area contributed by atoms with Gasteiger partial charge in [0.05, 0.1) is 5.71 Å². The van der Waals surface area contributed by atoms with Gasteiger partial charge in [-0.15, -0.1) is 0 Å². The van der Waals surface area contributed by atoms with Gasteiger partial charge in [0, 0.05) is 6.42 Å². The molecule has 16 heavy (non-hydrogen) atoms. The molecule has 0 heterocycles. The number of oxime groups is 1. The number of hydrogen-bond acceptors (Lipinski definition) is 2. The summed E-state index contributed by atoms with van der Waals surface area (Å²) in [5.74, 6) is 0. The van der Waals surface area contributed by atoms with Gasteiger partial charge in [0.25, 0.3) is 0 Å². The molecule has 80 valence electrons. The van der Waals surface area contributed by atoms with Gasteiger partial charge in [-0.1, -0.05) is 65.8 Å². The summed E-state index contributed by atoms with van der Waals surface area (Å²) in [6.07, 6.45) is 0.640. The molecule has 0 unspecified atom stereocenters. The molecule has 0 aliphatic rings. The zero-order valence-corrected chi connectivity index (χ0v) is 8.88. The molecule has 0 fully saturated rings. The van der Waals surface area contributed by atoms with Crippen molar-refractivity contribution in [1.82, 2.24) is 0 Å². The number of hydrogen-bond donors (Lipinski definition) is 1. The first-order chi connectivity index (χ1) is 7.90. The molecule has 0 spiro atoms. The molecule has 2 heteroatoms. The minimum absolute atomic E-state index is 0.640. The zero-order chi connectivity index (χ0) is 11.2. The lowest BCUT2D eigenvalue weighted by atomic mass is 10.0. The molecule has 0 saturated carbocycles. The van der Waals surface area contributed by atoms with Crippen molar-refractivity contribution >= 4 is 5.71 Å². The first-order valence-electron chi connectivity index (χ1n) is 5.20. The summed E-state index contributed by atoms with van der Waals surface area (Å²) in [6, 6.07) is 19.7. The fourth-order valence-corrected chi connectivity index (χ4v) is 1.61. The first kappa shape index (κ1) is 10.4. The molecule has 2 aromatic rings. The van der Waals surface area contributed by atoms with Crippen molar-refractivity contribution in [3.05, 3.63) is 71.8 Å². The van der Waals surface area contributed by atoms with Crippen molar-refractivity contribution in [2.45, 2.75) is 6.42 Å². The minimum Gasteiger partial charge on any atom is -0.411 e. The highest BCUT2D eigenvalue weighted by molar-refractivity contribution is 6.01. The number of nitrogens with zero attached hydrogens (tertiary/aromatic N) is 1. The summed E-state index contributed by atoms with van der Waals surface area (Å²) in [5, 5.41) is 12.4. The average Bonchev–Trinajstić information content (AvgIpc) is 2.38. The Balaban J connectivity index is 2.20. The van der Waals surface area contributed by atoms with Crippen molar-refractivity contribution in [3.8, 4) is 0 Å². The highest BCUT2D eigenvalue weighted by Crippen LogP contribution is 2.08. The Morgan fingerprint density at radius 3 is 2.00 bits per heavy atom. The number of rotatable bonds is 3. The Kier molecular flexibility index (Phi) is 3.34. The molecule has 2 nitrogen and oxygen atoms in total. The van der Waals surface area contributed by atoms with Crippen molar-refractivity contribution in [3.63, 3.8) is 0 Å². The molecule has 0 bridgehead atoms. The van der Waals surface area contributed by atoms with E-state index in [-0.39, 0.29) is 0 Å². The third-order valence-corrected chi connectivity index (χ3v) is 2.44. The molecule has 0 aromatic heterocycles. The summed E-state index contributed by atoms with van der Waals surface area (Å²) in [4.78, 5) is 0. The van der Waals surface area contributed by atoms with Crippen LogP contribution in [0.4, 0.5) is 0 Å². The molecule has 1 N–H and O–H groups in total. The van der Waals surface area contributed by atoms with E-state index in [1.54, 1.807) is 0 Å². The normalized spacial score (nSPS) is 11.4. The minimum atomic E-state index is 0.640. The van der Waals surface area contributed by atoms with Crippen LogP contribution in [-0.2, 0) is 6.42 Å². The van der Waals surface area contributed by atoms with Crippen molar-refractivity contribution < 1.29 is 5.21 Å². The van der Waals surface area contributed by atoms with E-state index in [2.05, 4.69) is 5.16 Å². The van der Waals surface area contributed by atoms with Crippen LogP contribution in [-0.4, -0.2) is 10.9 Å². The molecule has 0 amide bonds. The summed E-state index contributed by atoms with van der Waals surface area (Å²) in [5.41, 5.74) is 2.78. The standard InChI is InChI=1S/C14H13NO/c16-15-14(13-9-5-2-6-10-13)11-12-7-3-1-4-8-12/h1-10,16H,11H2/i15+1. The van der Waals surface area contributed by atoms with Gasteiger partial charge in [-0.3, -0.25) is 0 Å². The second-order valence-corrected chi connectivity index (χ2v) is 3.58. The molecule has 0 atom stereocenters. The average molecular weight is 212 g/mol. The molecular weight excluding hydrogens is 199 g/mol. The van der Waals surface area contributed by atoms with Gasteiger partial charge in [0.15, 0.2) is 0 Å². The van der Waals surface area contributed by atoms with Crippen LogP contribution in [0, 0.1) is 0 Å². The maximum Gasteiger partial charge on any atom is 0.0911 e. The molecule has 0 aliphatic carbocycles. The van der Waals surface area contributed by atoms with Crippen molar-refractivity contribution in [2.24, 2.45) is 5.16 Å². The van der Waals surface area contributed by atoms with Crippen LogP contribution in [0.3, 0.4) is 0 Å². The van der Waals surface area contributed by atoms with E-state index in [0.717, 1.165) is 11.1 Å². The van der Waals surface area contributed by atoms with Crippen LogP contribution < -0.4 is 0 Å². The van der Waals surface area contributed by atoms with Crippen LogP contribution in [0.25, 0.3) is 0 Å². The van der Waals surface area contributed by atoms with Gasteiger partial charge in [0.2, 0.25) is 0 Å². The van der Waals surface area contributed by atoms with E-state index < -0.39 is 0 Å². The summed E-state index contributed by atoms with van der Waals surface area (Å²) in [7, 11) is 0. The fourth-order valence-electron chi connectivity index (χ4n) is 1.61. The highest BCUT2D eigenvalue weighted by atomic mass is 16.7. The fraction of sp³-hybridized carbons (Fsp3) is 0.0714. The Bertz CT molecular complexity index is 463. The maximum atomic E-state index is 9.03. The van der Waals surface area contributed by atoms with E-state index in [4.69, 9.17) is 5.21 Å². The second kappa shape index (κ2) is 5.12. The van der Waals surface area contributed by atoms with Gasteiger partial charge >= 0.3 is 0 Å². The van der Waals surface area contributed by atoms with Crippen LogP contribution in [0.15, 0.2) is 65.8 Å². The molecular formula is C14H13NO. The van der Waals surface area contributed by atoms with Gasteiger partial charge in [-0.25, -0.2) is 0 Å². The summed E-state index contributed by atoms with van der Waals surface area (Å²) in [6.45, 7) is 0. The van der Waals surface area contributed by atoms with E-state index in [9.17, 15) is 0 Å². The maximum absolute atomic E-state index is 9.03. The monoisotopic (exact) mass is 212 g/mol. The Morgan fingerprint density at radius 1 is 0.875 bits per heavy atom. The van der Waals surface area contributed by atoms with Gasteiger partial charge in [-0.2, -0.15) is 0 Å². The highest BCUT2D eigenvalue weighted by Gasteiger charge is 2.04. The molecule has 0 radical (unpaired) electrons. The van der Waals surface area contributed by atoms with Crippen LogP contribution >= 0.6 is 0 Å². The topological polar surface area (TPSA) is 32.6 Å². The molecule has 0 aliphatic heterocycles. The van der Waals surface area contributed by atoms with Crippen LogP contribution in [0.5, 0.6) is 0 Å². The molecule has 2 rings (SSSR count).